The van der Waals surface area contributed by atoms with E-state index in [1.54, 1.807) is 51.6 Å². The van der Waals surface area contributed by atoms with Gasteiger partial charge in [-0.1, -0.05) is 13.8 Å². The molecule has 3 rings (SSSR count). The van der Waals surface area contributed by atoms with Gasteiger partial charge >= 0.3 is 0 Å². The predicted molar refractivity (Wildman–Crippen MR) is 96.9 cm³/mol. The lowest BCUT2D eigenvalue weighted by Crippen LogP contribution is -2.30. The van der Waals surface area contributed by atoms with Crippen LogP contribution >= 0.6 is 0 Å². The maximum Gasteiger partial charge on any atom is 0.274 e. The number of sulfonamides is 1. The van der Waals surface area contributed by atoms with E-state index < -0.39 is 10.0 Å². The average Bonchev–Trinajstić information content (AvgIpc) is 3.09. The van der Waals surface area contributed by atoms with E-state index in [0.29, 0.717) is 24.2 Å². The van der Waals surface area contributed by atoms with E-state index >= 15 is 0 Å². The third-order valence-corrected chi connectivity index (χ3v) is 6.28. The molecule has 25 heavy (non-hydrogen) atoms. The van der Waals surface area contributed by atoms with Gasteiger partial charge in [0.25, 0.3) is 5.56 Å². The highest BCUT2D eigenvalue weighted by Gasteiger charge is 2.23. The lowest BCUT2D eigenvalue weighted by atomic mass is 10.1. The van der Waals surface area contributed by atoms with Gasteiger partial charge in [0, 0.05) is 61.4 Å². The average molecular weight is 360 g/mol. The first-order valence-corrected chi connectivity index (χ1v) is 9.46. The summed E-state index contributed by atoms with van der Waals surface area (Å²) in [6, 6.07) is 3.41. The Morgan fingerprint density at radius 2 is 1.96 bits per heavy atom. The fraction of sp³-hybridized carbons (Fsp3) is 0.294. The maximum absolute atomic E-state index is 12.7. The third kappa shape index (κ3) is 2.87. The molecule has 0 bridgehead atoms. The number of rotatable bonds is 5. The first kappa shape index (κ1) is 17.4. The molecule has 0 aliphatic heterocycles. The lowest BCUT2D eigenvalue weighted by molar-refractivity contribution is 0.445. The molecule has 0 aliphatic carbocycles. The van der Waals surface area contributed by atoms with E-state index in [-0.39, 0.29) is 10.5 Å². The van der Waals surface area contributed by atoms with Gasteiger partial charge < -0.3 is 9.55 Å². The van der Waals surface area contributed by atoms with Crippen molar-refractivity contribution in [3.05, 3.63) is 47.3 Å². The molecule has 0 radical (unpaired) electrons. The lowest BCUT2D eigenvalue weighted by Gasteiger charge is -2.18. The molecule has 3 aromatic heterocycles. The van der Waals surface area contributed by atoms with Crippen LogP contribution in [0.1, 0.15) is 13.8 Å². The molecule has 0 unspecified atom stereocenters. The summed E-state index contributed by atoms with van der Waals surface area (Å²) in [6.07, 6.45) is 6.35. The van der Waals surface area contributed by atoms with Crippen molar-refractivity contribution in [3.8, 4) is 11.1 Å². The minimum Gasteiger partial charge on any atom is -0.357 e. The summed E-state index contributed by atoms with van der Waals surface area (Å²) < 4.78 is 28.3. The van der Waals surface area contributed by atoms with Gasteiger partial charge in [0.2, 0.25) is 10.0 Å². The van der Waals surface area contributed by atoms with E-state index in [2.05, 4.69) is 9.97 Å². The number of nitrogens with zero attached hydrogens (tertiary/aromatic N) is 3. The Morgan fingerprint density at radius 1 is 1.24 bits per heavy atom. The second kappa shape index (κ2) is 6.45. The first-order chi connectivity index (χ1) is 11.9. The highest BCUT2D eigenvalue weighted by atomic mass is 32.2. The molecule has 0 aliphatic rings. The number of hydrogen-bond acceptors (Lipinski definition) is 4. The van der Waals surface area contributed by atoms with Crippen molar-refractivity contribution in [2.24, 2.45) is 7.05 Å². The van der Waals surface area contributed by atoms with Crippen LogP contribution in [-0.4, -0.2) is 40.3 Å². The minimum absolute atomic E-state index is 0.136. The molecule has 0 amide bonds. The van der Waals surface area contributed by atoms with E-state index in [9.17, 15) is 13.2 Å². The first-order valence-electron chi connectivity index (χ1n) is 8.02. The number of aromatic amines is 1. The zero-order chi connectivity index (χ0) is 18.2. The standard InChI is InChI=1S/C17H20N4O3S/c1-4-21(5-2)25(23,24)13-8-12(9-18-10-13)15-11-20(3)17(22)16-14(15)6-7-19-16/h6-11,19H,4-5H2,1-3H3. The van der Waals surface area contributed by atoms with Gasteiger partial charge in [-0.3, -0.25) is 9.78 Å². The summed E-state index contributed by atoms with van der Waals surface area (Å²) in [4.78, 5) is 19.4. The number of pyridine rings is 2. The molecule has 3 heterocycles. The van der Waals surface area contributed by atoms with Gasteiger partial charge in [0.05, 0.1) is 0 Å². The molecule has 0 spiro atoms. The van der Waals surface area contributed by atoms with Gasteiger partial charge in [-0.25, -0.2) is 8.42 Å². The van der Waals surface area contributed by atoms with Crippen LogP contribution < -0.4 is 5.56 Å². The Hall–Kier alpha value is -2.45. The molecule has 0 fully saturated rings. The number of nitrogens with one attached hydrogen (secondary N) is 1. The normalized spacial score (nSPS) is 12.2. The Morgan fingerprint density at radius 3 is 2.64 bits per heavy atom. The molecular formula is C17H20N4O3S. The number of H-pyrrole nitrogens is 1. The van der Waals surface area contributed by atoms with Crippen LogP contribution in [0, 0.1) is 0 Å². The van der Waals surface area contributed by atoms with Crippen molar-refractivity contribution in [1.29, 1.82) is 0 Å². The fourth-order valence-electron chi connectivity index (χ4n) is 2.92. The summed E-state index contributed by atoms with van der Waals surface area (Å²) in [6.45, 7) is 4.39. The Bertz CT molecular complexity index is 1080. The van der Waals surface area contributed by atoms with Crippen molar-refractivity contribution < 1.29 is 8.42 Å². The highest BCUT2D eigenvalue weighted by Crippen LogP contribution is 2.28. The number of fused-ring (bicyclic) bond motifs is 1. The number of aromatic nitrogens is 3. The number of aryl methyl sites for hydroxylation is 1. The molecule has 132 valence electrons. The largest absolute Gasteiger partial charge is 0.357 e. The molecule has 0 saturated carbocycles. The third-order valence-electron chi connectivity index (χ3n) is 4.26. The van der Waals surface area contributed by atoms with E-state index in [0.717, 1.165) is 10.9 Å². The maximum atomic E-state index is 12.7. The smallest absolute Gasteiger partial charge is 0.274 e. The molecule has 3 aromatic rings. The summed E-state index contributed by atoms with van der Waals surface area (Å²) in [5.74, 6) is 0. The molecule has 8 heteroatoms. The zero-order valence-corrected chi connectivity index (χ0v) is 15.2. The topological polar surface area (TPSA) is 88.1 Å². The molecule has 0 saturated heterocycles. The van der Waals surface area contributed by atoms with Crippen LogP contribution in [0.2, 0.25) is 0 Å². The Balaban J connectivity index is 2.20. The number of hydrogen-bond donors (Lipinski definition) is 1. The van der Waals surface area contributed by atoms with Crippen molar-refractivity contribution in [2.75, 3.05) is 13.1 Å². The summed E-state index contributed by atoms with van der Waals surface area (Å²) in [5, 5.41) is 0.738. The highest BCUT2D eigenvalue weighted by molar-refractivity contribution is 7.89. The molecule has 7 nitrogen and oxygen atoms in total. The van der Waals surface area contributed by atoms with Crippen LogP contribution in [0.5, 0.6) is 0 Å². The SMILES string of the molecule is CCN(CC)S(=O)(=O)c1cncc(-c2cn(C)c(=O)c3[nH]ccc23)c1. The van der Waals surface area contributed by atoms with Gasteiger partial charge in [0.1, 0.15) is 10.4 Å². The van der Waals surface area contributed by atoms with Crippen LogP contribution in [-0.2, 0) is 17.1 Å². The van der Waals surface area contributed by atoms with E-state index in [1.165, 1.54) is 15.1 Å². The van der Waals surface area contributed by atoms with Crippen molar-refractivity contribution >= 4 is 20.9 Å². The Labute approximate surface area is 146 Å². The summed E-state index contributed by atoms with van der Waals surface area (Å²) >= 11 is 0. The quantitative estimate of drug-likeness (QED) is 0.753. The molecular weight excluding hydrogens is 340 g/mol. The fourth-order valence-corrected chi connectivity index (χ4v) is 4.37. The van der Waals surface area contributed by atoms with Gasteiger partial charge in [-0.2, -0.15) is 4.31 Å². The second-order valence-electron chi connectivity index (χ2n) is 5.72. The molecule has 0 aromatic carbocycles. The second-order valence-corrected chi connectivity index (χ2v) is 7.66. The van der Waals surface area contributed by atoms with Crippen LogP contribution in [0.15, 0.2) is 46.6 Å². The summed E-state index contributed by atoms with van der Waals surface area (Å²) in [7, 11) is -1.93. The van der Waals surface area contributed by atoms with Crippen LogP contribution in [0.4, 0.5) is 0 Å². The Kier molecular flexibility index (Phi) is 4.49. The monoisotopic (exact) mass is 360 g/mol. The van der Waals surface area contributed by atoms with Gasteiger partial charge in [0.15, 0.2) is 0 Å². The molecule has 0 atom stereocenters. The van der Waals surface area contributed by atoms with Gasteiger partial charge in [-0.15, -0.1) is 0 Å². The van der Waals surface area contributed by atoms with Crippen molar-refractivity contribution in [3.63, 3.8) is 0 Å². The van der Waals surface area contributed by atoms with E-state index in [1.807, 2.05) is 0 Å². The van der Waals surface area contributed by atoms with Crippen LogP contribution in [0.3, 0.4) is 0 Å². The van der Waals surface area contributed by atoms with Crippen molar-refractivity contribution in [2.45, 2.75) is 18.7 Å². The van der Waals surface area contributed by atoms with E-state index in [4.69, 9.17) is 0 Å². The summed E-state index contributed by atoms with van der Waals surface area (Å²) in [5.41, 5.74) is 1.75. The van der Waals surface area contributed by atoms with Crippen molar-refractivity contribution in [1.82, 2.24) is 18.8 Å². The van der Waals surface area contributed by atoms with Gasteiger partial charge in [-0.05, 0) is 12.1 Å². The minimum atomic E-state index is -3.60. The predicted octanol–water partition coefficient (Wildman–Crippen LogP) is 1.96. The van der Waals surface area contributed by atoms with Crippen LogP contribution in [0.25, 0.3) is 22.0 Å². The zero-order valence-electron chi connectivity index (χ0n) is 14.4. The molecule has 1 N–H and O–H groups in total.